The van der Waals surface area contributed by atoms with E-state index in [1.807, 2.05) is 0 Å². The van der Waals surface area contributed by atoms with Gasteiger partial charge in [-0.05, 0) is 43.3 Å². The minimum Gasteiger partial charge on any atom is -0.449 e. The molecule has 2 rings (SSSR count). The minimum absolute atomic E-state index is 0.110. The second-order valence-electron chi connectivity index (χ2n) is 4.98. The number of rotatable bonds is 4. The van der Waals surface area contributed by atoms with Gasteiger partial charge in [-0.25, -0.2) is 9.78 Å². The fourth-order valence-electron chi connectivity index (χ4n) is 1.77. The minimum atomic E-state index is -4.46. The van der Waals surface area contributed by atoms with E-state index in [0.717, 1.165) is 24.3 Å². The van der Waals surface area contributed by atoms with Crippen LogP contribution in [0.1, 0.15) is 22.8 Å². The molecule has 0 radical (unpaired) electrons. The first-order chi connectivity index (χ1) is 11.7. The van der Waals surface area contributed by atoms with Crippen molar-refractivity contribution in [3.05, 3.63) is 58.9 Å². The van der Waals surface area contributed by atoms with E-state index in [2.05, 4.69) is 10.3 Å². The van der Waals surface area contributed by atoms with Crippen molar-refractivity contribution in [2.75, 3.05) is 5.32 Å². The van der Waals surface area contributed by atoms with Crippen molar-refractivity contribution in [2.45, 2.75) is 19.2 Å². The van der Waals surface area contributed by atoms with Crippen molar-refractivity contribution in [3.8, 4) is 0 Å². The molecule has 1 atom stereocenters. The van der Waals surface area contributed by atoms with Crippen molar-refractivity contribution < 1.29 is 27.5 Å². The summed E-state index contributed by atoms with van der Waals surface area (Å²) in [5.41, 5.74) is -0.576. The highest BCUT2D eigenvalue weighted by Gasteiger charge is 2.30. The molecule has 0 saturated heterocycles. The molecule has 9 heteroatoms. The van der Waals surface area contributed by atoms with Crippen LogP contribution in [0.5, 0.6) is 0 Å². The molecule has 1 aromatic heterocycles. The van der Waals surface area contributed by atoms with Gasteiger partial charge in [0.2, 0.25) is 0 Å². The van der Waals surface area contributed by atoms with E-state index in [1.54, 1.807) is 0 Å². The molecule has 1 heterocycles. The second-order valence-corrected chi connectivity index (χ2v) is 5.37. The largest absolute Gasteiger partial charge is 0.449 e. The van der Waals surface area contributed by atoms with Crippen LogP contribution in [0.3, 0.4) is 0 Å². The number of nitrogens with one attached hydrogen (secondary N) is 1. The summed E-state index contributed by atoms with van der Waals surface area (Å²) in [5, 5.41) is 2.56. The normalized spacial score (nSPS) is 12.4. The Morgan fingerprint density at radius 1 is 1.16 bits per heavy atom. The van der Waals surface area contributed by atoms with Crippen LogP contribution in [0.2, 0.25) is 5.15 Å². The quantitative estimate of drug-likeness (QED) is 0.652. The SMILES string of the molecule is C[C@@H](OC(=O)c1ccc(Cl)nc1)C(=O)Nc1ccc(C(F)(F)F)cc1. The maximum absolute atomic E-state index is 12.5. The smallest absolute Gasteiger partial charge is 0.416 e. The number of ether oxygens (including phenoxy) is 1. The van der Waals surface area contributed by atoms with Gasteiger partial charge in [0.05, 0.1) is 11.1 Å². The summed E-state index contributed by atoms with van der Waals surface area (Å²) in [6, 6.07) is 6.68. The van der Waals surface area contributed by atoms with Crippen LogP contribution in [-0.2, 0) is 15.7 Å². The Kier molecular flexibility index (Phi) is 5.63. The molecule has 0 spiro atoms. The monoisotopic (exact) mass is 372 g/mol. The number of benzene rings is 1. The van der Waals surface area contributed by atoms with Crippen LogP contribution >= 0.6 is 11.6 Å². The molecule has 25 heavy (non-hydrogen) atoms. The van der Waals surface area contributed by atoms with E-state index in [1.165, 1.54) is 25.3 Å². The van der Waals surface area contributed by atoms with Crippen molar-refractivity contribution in [1.29, 1.82) is 0 Å². The molecular weight excluding hydrogens is 361 g/mol. The number of carbonyl (C=O) groups is 2. The lowest BCUT2D eigenvalue weighted by molar-refractivity contribution is -0.137. The van der Waals surface area contributed by atoms with Crippen LogP contribution in [0.25, 0.3) is 0 Å². The molecule has 0 aliphatic rings. The average molecular weight is 373 g/mol. The first-order valence-electron chi connectivity index (χ1n) is 6.97. The lowest BCUT2D eigenvalue weighted by atomic mass is 10.2. The molecule has 5 nitrogen and oxygen atoms in total. The summed E-state index contributed by atoms with van der Waals surface area (Å²) < 4.78 is 42.4. The van der Waals surface area contributed by atoms with E-state index in [9.17, 15) is 22.8 Å². The highest BCUT2D eigenvalue weighted by molar-refractivity contribution is 6.29. The Labute approximate surface area is 145 Å². The van der Waals surface area contributed by atoms with Gasteiger partial charge in [0, 0.05) is 11.9 Å². The van der Waals surface area contributed by atoms with Crippen LogP contribution in [0, 0.1) is 0 Å². The zero-order valence-electron chi connectivity index (χ0n) is 12.8. The van der Waals surface area contributed by atoms with Crippen LogP contribution in [-0.4, -0.2) is 23.0 Å². The second kappa shape index (κ2) is 7.52. The number of hydrogen-bond donors (Lipinski definition) is 1. The van der Waals surface area contributed by atoms with Crippen LogP contribution in [0.15, 0.2) is 42.6 Å². The third kappa shape index (κ3) is 5.18. The van der Waals surface area contributed by atoms with Gasteiger partial charge in [0.1, 0.15) is 5.15 Å². The summed E-state index contributed by atoms with van der Waals surface area (Å²) in [7, 11) is 0. The third-order valence-electron chi connectivity index (χ3n) is 3.10. The van der Waals surface area contributed by atoms with Gasteiger partial charge in [0.25, 0.3) is 5.91 Å². The van der Waals surface area contributed by atoms with Gasteiger partial charge >= 0.3 is 12.1 Å². The first kappa shape index (κ1) is 18.7. The number of halogens is 4. The number of aromatic nitrogens is 1. The van der Waals surface area contributed by atoms with Crippen molar-refractivity contribution in [3.63, 3.8) is 0 Å². The molecule has 0 aliphatic carbocycles. The van der Waals surface area contributed by atoms with Crippen molar-refractivity contribution in [2.24, 2.45) is 0 Å². The Bertz CT molecular complexity index is 762. The maximum atomic E-state index is 12.5. The van der Waals surface area contributed by atoms with Crippen molar-refractivity contribution in [1.82, 2.24) is 4.98 Å². The Morgan fingerprint density at radius 2 is 1.80 bits per heavy atom. The van der Waals surface area contributed by atoms with Gasteiger partial charge in [-0.1, -0.05) is 11.6 Å². The van der Waals surface area contributed by atoms with Gasteiger partial charge in [-0.15, -0.1) is 0 Å². The number of anilines is 1. The van der Waals surface area contributed by atoms with E-state index in [-0.39, 0.29) is 16.4 Å². The molecule has 2 aromatic rings. The Balaban J connectivity index is 1.95. The van der Waals surface area contributed by atoms with Crippen molar-refractivity contribution >= 4 is 29.2 Å². The number of pyridine rings is 1. The lowest BCUT2D eigenvalue weighted by Crippen LogP contribution is -2.30. The first-order valence-corrected chi connectivity index (χ1v) is 7.35. The van der Waals surface area contributed by atoms with E-state index in [4.69, 9.17) is 16.3 Å². The highest BCUT2D eigenvalue weighted by atomic mass is 35.5. The predicted molar refractivity (Wildman–Crippen MR) is 84.2 cm³/mol. The van der Waals surface area contributed by atoms with Gasteiger partial charge in [0.15, 0.2) is 6.10 Å². The molecule has 0 bridgehead atoms. The predicted octanol–water partition coefficient (Wildman–Crippen LogP) is 3.94. The van der Waals surface area contributed by atoms with E-state index < -0.39 is 29.7 Å². The number of nitrogens with zero attached hydrogens (tertiary/aromatic N) is 1. The fraction of sp³-hybridized carbons (Fsp3) is 0.188. The topological polar surface area (TPSA) is 68.3 Å². The van der Waals surface area contributed by atoms with Crippen LogP contribution < -0.4 is 5.32 Å². The Hall–Kier alpha value is -2.61. The van der Waals surface area contributed by atoms with Gasteiger partial charge in [-0.2, -0.15) is 13.2 Å². The van der Waals surface area contributed by atoms with E-state index >= 15 is 0 Å². The number of esters is 1. The van der Waals surface area contributed by atoms with E-state index in [0.29, 0.717) is 0 Å². The molecule has 1 N–H and O–H groups in total. The molecule has 1 amide bonds. The molecule has 0 aliphatic heterocycles. The summed E-state index contributed by atoms with van der Waals surface area (Å²) >= 11 is 5.60. The van der Waals surface area contributed by atoms with Crippen LogP contribution in [0.4, 0.5) is 18.9 Å². The zero-order chi connectivity index (χ0) is 18.6. The summed E-state index contributed by atoms with van der Waals surface area (Å²) in [4.78, 5) is 27.6. The molecule has 132 valence electrons. The fourth-order valence-corrected chi connectivity index (χ4v) is 1.88. The molecule has 0 fully saturated rings. The molecule has 0 unspecified atom stereocenters. The average Bonchev–Trinajstić information content (AvgIpc) is 2.55. The Morgan fingerprint density at radius 3 is 2.32 bits per heavy atom. The number of alkyl halides is 3. The lowest BCUT2D eigenvalue weighted by Gasteiger charge is -2.14. The standard InChI is InChI=1S/C16H12ClF3N2O3/c1-9(25-15(24)10-2-7-13(17)21-8-10)14(23)22-12-5-3-11(4-6-12)16(18,19)20/h2-9H,1H3,(H,22,23)/t9-/m1/s1. The van der Waals surface area contributed by atoms with Gasteiger partial charge in [-0.3, -0.25) is 4.79 Å². The highest BCUT2D eigenvalue weighted by Crippen LogP contribution is 2.29. The van der Waals surface area contributed by atoms with Gasteiger partial charge < -0.3 is 10.1 Å². The number of amides is 1. The summed E-state index contributed by atoms with van der Waals surface area (Å²) in [6.45, 7) is 1.33. The summed E-state index contributed by atoms with van der Waals surface area (Å²) in [5.74, 6) is -1.46. The molecule has 1 aromatic carbocycles. The number of hydrogen-bond acceptors (Lipinski definition) is 4. The third-order valence-corrected chi connectivity index (χ3v) is 3.32. The summed E-state index contributed by atoms with van der Waals surface area (Å²) in [6.07, 6.45) is -4.42. The molecule has 0 saturated carbocycles. The zero-order valence-corrected chi connectivity index (χ0v) is 13.6. The maximum Gasteiger partial charge on any atom is 0.416 e. The number of carbonyl (C=O) groups excluding carboxylic acids is 2. The molecular formula is C16H12ClF3N2O3.